The molecule has 0 radical (unpaired) electrons. The zero-order valence-electron chi connectivity index (χ0n) is 69.3. The van der Waals surface area contributed by atoms with E-state index in [9.17, 15) is 0 Å². The number of furan rings is 4. The number of rotatable bonds is 62. The van der Waals surface area contributed by atoms with Gasteiger partial charge in [0.25, 0.3) is 17.7 Å². The minimum atomic E-state index is -0.126. The number of thiophene rings is 1. The average molecular weight is 1500 g/mol. The van der Waals surface area contributed by atoms with Crippen molar-refractivity contribution in [1.82, 2.24) is 19.6 Å². The van der Waals surface area contributed by atoms with E-state index in [4.69, 9.17) is 17.7 Å². The predicted octanol–water partition coefficient (Wildman–Crippen LogP) is 28.9. The van der Waals surface area contributed by atoms with Crippen molar-refractivity contribution in [2.75, 3.05) is 32.7 Å². The first kappa shape index (κ1) is 86.0. The lowest BCUT2D eigenvalue weighted by atomic mass is 9.93. The van der Waals surface area contributed by atoms with Gasteiger partial charge in [-0.1, -0.05) is 312 Å². The summed E-state index contributed by atoms with van der Waals surface area (Å²) in [5.74, 6) is 5.27. The summed E-state index contributed by atoms with van der Waals surface area (Å²) in [6, 6.07) is 20.4. The van der Waals surface area contributed by atoms with E-state index in [1.165, 1.54) is 244 Å². The summed E-state index contributed by atoms with van der Waals surface area (Å²) < 4.78 is 27.1. The molecule has 0 aromatic carbocycles. The van der Waals surface area contributed by atoms with Gasteiger partial charge in [0, 0.05) is 38.3 Å². The zero-order valence-corrected chi connectivity index (χ0v) is 70.1. The molecule has 12 heteroatoms. The van der Waals surface area contributed by atoms with Crippen molar-refractivity contribution in [2.24, 2.45) is 23.7 Å². The highest BCUT2D eigenvalue weighted by molar-refractivity contribution is 7.18. The molecule has 4 unspecified atom stereocenters. The predicted molar refractivity (Wildman–Crippen MR) is 452 cm³/mol. The molecule has 0 fully saturated rings. The van der Waals surface area contributed by atoms with Crippen LogP contribution in [0.5, 0.6) is 0 Å². The average Bonchev–Trinajstić information content (AvgIpc) is 1.57. The number of unbranched alkanes of at least 4 members (excludes halogenated alkanes) is 32. The standard InChI is InChI=1S/C96H146N4O7S/c1-9-17-25-33-37-45-52-74(51-41-29-21-13-5)69-97-73-78-87(94(101)98(90(78)81-59-49-67-104-81)70-75(53-42-30-22-14-6)56-46-38-34-26-18-10-2)91(97)83-63-61-79(106-83)85-65-66-86(108-85)80-62-64-84(107-80)93-89-88(95(102)100(93)72-77(55-44-32-24-16-8)58-48-40-36-28-20-12-4)92(82-60-50-68-105-82)99(96(89)103)71-76(54-43-31-23-15-7)57-47-39-35-27-19-11-3/h49-50,59-68,74-77H,9-48,51-58,69-73H2,1-8H3. The lowest BCUT2D eigenvalue weighted by molar-refractivity contribution is -0.124. The molecule has 0 spiro atoms. The molecule has 11 nitrogen and oxygen atoms in total. The van der Waals surface area contributed by atoms with Gasteiger partial charge in [0.2, 0.25) is 0 Å². The van der Waals surface area contributed by atoms with Crippen molar-refractivity contribution in [2.45, 2.75) is 364 Å². The molecule has 5 aromatic heterocycles. The lowest BCUT2D eigenvalue weighted by Crippen LogP contribution is -2.34. The molecule has 9 rings (SSSR count). The van der Waals surface area contributed by atoms with Gasteiger partial charge in [0.05, 0.1) is 50.4 Å². The second-order valence-electron chi connectivity index (χ2n) is 33.2. The highest BCUT2D eigenvalue weighted by Gasteiger charge is 2.52. The number of carbonyl (C=O) groups is 3. The third kappa shape index (κ3) is 24.7. The van der Waals surface area contributed by atoms with Gasteiger partial charge < -0.3 is 37.3 Å². The molecular weight excluding hydrogens is 1350 g/mol. The molecule has 108 heavy (non-hydrogen) atoms. The van der Waals surface area contributed by atoms with E-state index in [-0.39, 0.29) is 23.6 Å². The first-order valence-electron chi connectivity index (χ1n) is 45.2. The molecule has 0 aliphatic carbocycles. The minimum Gasteiger partial charge on any atom is -0.463 e. The van der Waals surface area contributed by atoms with Crippen LogP contribution >= 0.6 is 11.3 Å². The Balaban J connectivity index is 1.08. The van der Waals surface area contributed by atoms with Crippen LogP contribution in [0.4, 0.5) is 0 Å². The van der Waals surface area contributed by atoms with E-state index in [0.717, 1.165) is 120 Å². The topological polar surface area (TPSA) is 117 Å². The zero-order chi connectivity index (χ0) is 76.1. The van der Waals surface area contributed by atoms with Gasteiger partial charge in [0.15, 0.2) is 23.0 Å². The number of carbonyl (C=O) groups excluding carboxylic acids is 3. The highest BCUT2D eigenvalue weighted by atomic mass is 32.1. The Morgan fingerprint density at radius 2 is 0.574 bits per heavy atom. The van der Waals surface area contributed by atoms with Crippen molar-refractivity contribution in [3.8, 4) is 21.3 Å². The summed E-state index contributed by atoms with van der Waals surface area (Å²) in [4.78, 5) is 58.3. The Bertz CT molecular complexity index is 3520. The minimum absolute atomic E-state index is 0.0759. The normalized spacial score (nSPS) is 15.9. The van der Waals surface area contributed by atoms with Gasteiger partial charge >= 0.3 is 0 Å². The van der Waals surface area contributed by atoms with Crippen molar-refractivity contribution in [1.29, 1.82) is 0 Å². The van der Waals surface area contributed by atoms with Crippen molar-refractivity contribution in [3.63, 3.8) is 0 Å². The number of hydrogen-bond donors (Lipinski definition) is 0. The number of hydrogen-bond acceptors (Lipinski definition) is 9. The molecule has 3 amide bonds. The molecule has 0 N–H and O–H groups in total. The van der Waals surface area contributed by atoms with Gasteiger partial charge in [-0.25, -0.2) is 0 Å². The summed E-state index contributed by atoms with van der Waals surface area (Å²) in [7, 11) is 0. The van der Waals surface area contributed by atoms with Crippen LogP contribution in [-0.2, 0) is 14.4 Å². The summed E-state index contributed by atoms with van der Waals surface area (Å²) in [5, 5.41) is 0. The Morgan fingerprint density at radius 3 is 0.917 bits per heavy atom. The molecule has 4 aliphatic heterocycles. The van der Waals surface area contributed by atoms with Gasteiger partial charge in [-0.2, -0.15) is 0 Å². The molecule has 0 saturated carbocycles. The number of fused-ring (bicyclic) bond motifs is 2. The van der Waals surface area contributed by atoms with E-state index in [1.54, 1.807) is 23.9 Å². The van der Waals surface area contributed by atoms with Crippen LogP contribution in [0, 0.1) is 23.7 Å². The van der Waals surface area contributed by atoms with E-state index < -0.39 is 0 Å². The molecule has 5 aromatic rings. The first-order chi connectivity index (χ1) is 53.1. The van der Waals surface area contributed by atoms with E-state index in [0.29, 0.717) is 83.8 Å². The number of amides is 3. The van der Waals surface area contributed by atoms with Gasteiger partial charge in [-0.05, 0) is 136 Å². The monoisotopic (exact) mass is 1500 g/mol. The van der Waals surface area contributed by atoms with Crippen molar-refractivity contribution >= 4 is 51.8 Å². The summed E-state index contributed by atoms with van der Waals surface area (Å²) in [6.07, 6.45) is 61.3. The van der Waals surface area contributed by atoms with Crippen LogP contribution in [0.2, 0.25) is 0 Å². The second kappa shape index (κ2) is 48.0. The van der Waals surface area contributed by atoms with Crippen LogP contribution in [-0.4, -0.2) is 70.0 Å². The Labute approximate surface area is 659 Å². The molecule has 4 atom stereocenters. The second-order valence-corrected chi connectivity index (χ2v) is 34.2. The maximum atomic E-state index is 16.0. The van der Waals surface area contributed by atoms with Gasteiger partial charge in [-0.15, -0.1) is 11.3 Å². The number of nitrogens with zero attached hydrogens (tertiary/aromatic N) is 4. The van der Waals surface area contributed by atoms with Crippen molar-refractivity contribution in [3.05, 3.63) is 119 Å². The van der Waals surface area contributed by atoms with E-state index >= 15 is 14.4 Å². The highest BCUT2D eigenvalue weighted by Crippen LogP contribution is 2.51. The molecule has 0 bridgehead atoms. The fraction of sp³-hybridized carbons (Fsp3) is 0.677. The third-order valence-corrected chi connectivity index (χ3v) is 25.3. The Hall–Kier alpha value is -6.01. The van der Waals surface area contributed by atoms with E-state index in [2.05, 4.69) is 95.5 Å². The van der Waals surface area contributed by atoms with E-state index in [1.807, 2.05) is 40.1 Å². The maximum absolute atomic E-state index is 16.0. The SMILES string of the molecule is CCCCCCCCC(CCCCCC)CN1CC2=C(c3ccco3)N(CC(CCCCCC)CCCCCCCC)C(=O)C2=C1c1ccc(-c2ccc(-c3ccc(C4=C5C(=O)N(CC(CCCCCC)CCCCCCCC)C(c6ccco6)=C5C(=O)N4CC(CCCCCC)CCCCCCCC)o3)s2)o1. The van der Waals surface area contributed by atoms with Gasteiger partial charge in [-0.3, -0.25) is 14.4 Å². The van der Waals surface area contributed by atoms with Crippen molar-refractivity contribution < 1.29 is 32.1 Å². The summed E-state index contributed by atoms with van der Waals surface area (Å²) >= 11 is 1.62. The Morgan fingerprint density at radius 1 is 0.296 bits per heavy atom. The first-order valence-corrected chi connectivity index (χ1v) is 46.0. The van der Waals surface area contributed by atoms with Crippen LogP contribution < -0.4 is 0 Å². The molecule has 4 aliphatic rings. The maximum Gasteiger partial charge on any atom is 0.261 e. The van der Waals surface area contributed by atoms with Crippen LogP contribution in [0.25, 0.3) is 44.1 Å². The van der Waals surface area contributed by atoms with Crippen LogP contribution in [0.3, 0.4) is 0 Å². The van der Waals surface area contributed by atoms with Crippen LogP contribution in [0.1, 0.15) is 387 Å². The third-order valence-electron chi connectivity index (χ3n) is 24.2. The summed E-state index contributed by atoms with van der Waals surface area (Å²) in [5.41, 5.74) is 5.83. The molecule has 598 valence electrons. The Kier molecular flexibility index (Phi) is 38.2. The molecule has 0 saturated heterocycles. The largest absolute Gasteiger partial charge is 0.463 e. The fourth-order valence-electron chi connectivity index (χ4n) is 17.9. The summed E-state index contributed by atoms with van der Waals surface area (Å²) in [6.45, 7) is 21.5. The smallest absolute Gasteiger partial charge is 0.261 e. The lowest BCUT2D eigenvalue weighted by Gasteiger charge is -2.30. The molecular formula is C96H146N4O7S. The van der Waals surface area contributed by atoms with Crippen LogP contribution in [0.15, 0.2) is 113 Å². The molecule has 9 heterocycles. The quantitative estimate of drug-likeness (QED) is 0.0353. The van der Waals surface area contributed by atoms with Gasteiger partial charge in [0.1, 0.15) is 22.9 Å². The fourth-order valence-corrected chi connectivity index (χ4v) is 18.9.